The highest BCUT2D eigenvalue weighted by molar-refractivity contribution is 6.21. The number of nitrogens with zero attached hydrogens (tertiary/aromatic N) is 1. The van der Waals surface area contributed by atoms with Crippen molar-refractivity contribution in [3.05, 3.63) is 29.8 Å². The summed E-state index contributed by atoms with van der Waals surface area (Å²) in [6.45, 7) is 3.59. The van der Waals surface area contributed by atoms with Crippen LogP contribution in [0.1, 0.15) is 24.3 Å². The lowest BCUT2D eigenvalue weighted by atomic mass is 10.1. The van der Waals surface area contributed by atoms with Gasteiger partial charge >= 0.3 is 5.97 Å². The van der Waals surface area contributed by atoms with E-state index in [1.54, 1.807) is 0 Å². The summed E-state index contributed by atoms with van der Waals surface area (Å²) in [5.41, 5.74) is 0.938. The van der Waals surface area contributed by atoms with Crippen LogP contribution in [0.25, 0.3) is 0 Å². The van der Waals surface area contributed by atoms with E-state index in [1.165, 1.54) is 0 Å². The molecule has 1 atom stereocenters. The molecule has 0 amide bonds. The minimum atomic E-state index is -0.798. The maximum absolute atomic E-state index is 10.5. The number of carboxylic acid groups (broad SMARTS) is 1. The van der Waals surface area contributed by atoms with Gasteiger partial charge in [0.15, 0.2) is 0 Å². The topological polar surface area (TPSA) is 49.8 Å². The van der Waals surface area contributed by atoms with E-state index < -0.39 is 5.97 Å². The van der Waals surface area contributed by atoms with Crippen molar-refractivity contribution in [2.45, 2.75) is 18.7 Å². The fourth-order valence-electron chi connectivity index (χ4n) is 1.78. The number of para-hydroxylation sites is 1. The summed E-state index contributed by atoms with van der Waals surface area (Å²) in [4.78, 5) is 12.4. The van der Waals surface area contributed by atoms with Crippen molar-refractivity contribution >= 4 is 17.6 Å². The number of hydrogen-bond donors (Lipinski definition) is 1. The first-order valence-corrected chi connectivity index (χ1v) is 6.74. The van der Waals surface area contributed by atoms with Gasteiger partial charge in [0.1, 0.15) is 5.75 Å². The Bertz CT molecular complexity index is 411. The number of rotatable bonds is 8. The van der Waals surface area contributed by atoms with Crippen LogP contribution in [0, 0.1) is 0 Å². The summed E-state index contributed by atoms with van der Waals surface area (Å²) in [6, 6.07) is 7.66. The van der Waals surface area contributed by atoms with Crippen LogP contribution >= 0.6 is 11.6 Å². The molecule has 1 unspecified atom stereocenters. The monoisotopic (exact) mass is 285 g/mol. The first-order chi connectivity index (χ1) is 9.04. The highest BCUT2D eigenvalue weighted by Gasteiger charge is 2.15. The molecule has 1 rings (SSSR count). The summed E-state index contributed by atoms with van der Waals surface area (Å²) in [7, 11) is 1.86. The number of carbonyl (C=O) groups is 1. The van der Waals surface area contributed by atoms with E-state index in [0.717, 1.165) is 11.3 Å². The Hall–Kier alpha value is -1.26. The lowest BCUT2D eigenvalue weighted by Crippen LogP contribution is -2.25. The van der Waals surface area contributed by atoms with Gasteiger partial charge in [0, 0.05) is 18.7 Å². The molecule has 4 nitrogen and oxygen atoms in total. The third-order valence-corrected chi connectivity index (χ3v) is 3.11. The van der Waals surface area contributed by atoms with Crippen LogP contribution in [-0.2, 0) is 4.79 Å². The number of ether oxygens (including phenoxy) is 1. The van der Waals surface area contributed by atoms with Crippen LogP contribution in [0.2, 0.25) is 0 Å². The number of hydrogen-bond acceptors (Lipinski definition) is 3. The van der Waals surface area contributed by atoms with Crippen LogP contribution < -0.4 is 4.74 Å². The van der Waals surface area contributed by atoms with Gasteiger partial charge in [-0.2, -0.15) is 0 Å². The number of aliphatic carboxylic acids is 1. The molecule has 5 heteroatoms. The third kappa shape index (κ3) is 5.49. The van der Waals surface area contributed by atoms with Crippen molar-refractivity contribution in [1.82, 2.24) is 4.90 Å². The van der Waals surface area contributed by atoms with Gasteiger partial charge in [-0.1, -0.05) is 18.2 Å². The van der Waals surface area contributed by atoms with Crippen molar-refractivity contribution in [2.75, 3.05) is 26.7 Å². The summed E-state index contributed by atoms with van der Waals surface area (Å²) < 4.78 is 5.54. The van der Waals surface area contributed by atoms with Gasteiger partial charge in [0.2, 0.25) is 0 Å². The summed E-state index contributed by atoms with van der Waals surface area (Å²) in [5, 5.41) is 8.43. The molecule has 0 aromatic heterocycles. The van der Waals surface area contributed by atoms with Crippen molar-refractivity contribution in [1.29, 1.82) is 0 Å². The molecule has 0 aliphatic heterocycles. The SMILES string of the molecule is CCOc1ccccc1C(Cl)CN(C)CCC(=O)O. The van der Waals surface area contributed by atoms with Gasteiger partial charge in [-0.15, -0.1) is 11.6 Å². The molecule has 0 aliphatic carbocycles. The molecule has 1 N–H and O–H groups in total. The van der Waals surface area contributed by atoms with E-state index in [9.17, 15) is 4.79 Å². The molecule has 0 aliphatic rings. The standard InChI is InChI=1S/C14H20ClNO3/c1-3-19-13-7-5-4-6-11(13)12(15)10-16(2)9-8-14(17)18/h4-7,12H,3,8-10H2,1-2H3,(H,17,18). The number of likely N-dealkylation sites (N-methyl/N-ethyl adjacent to an activating group) is 1. The molecule has 0 fully saturated rings. The minimum absolute atomic E-state index is 0.118. The summed E-state index contributed by atoms with van der Waals surface area (Å²) in [5.74, 6) is -0.00989. The molecular formula is C14H20ClNO3. The zero-order valence-corrected chi connectivity index (χ0v) is 12.1. The van der Waals surface area contributed by atoms with Crippen LogP contribution in [0.4, 0.5) is 0 Å². The highest BCUT2D eigenvalue weighted by atomic mass is 35.5. The molecule has 0 bridgehead atoms. The molecule has 0 spiro atoms. The number of benzene rings is 1. The fraction of sp³-hybridized carbons (Fsp3) is 0.500. The van der Waals surface area contributed by atoms with Crippen molar-refractivity contribution in [2.24, 2.45) is 0 Å². The second-order valence-corrected chi connectivity index (χ2v) is 4.87. The smallest absolute Gasteiger partial charge is 0.304 e. The molecule has 0 saturated heterocycles. The van der Waals surface area contributed by atoms with E-state index in [4.69, 9.17) is 21.4 Å². The average molecular weight is 286 g/mol. The molecule has 106 valence electrons. The first-order valence-electron chi connectivity index (χ1n) is 6.30. The van der Waals surface area contributed by atoms with Crippen molar-refractivity contribution < 1.29 is 14.6 Å². The van der Waals surface area contributed by atoms with Gasteiger partial charge in [0.05, 0.1) is 18.4 Å². The second kappa shape index (κ2) is 8.02. The zero-order valence-electron chi connectivity index (χ0n) is 11.3. The lowest BCUT2D eigenvalue weighted by molar-refractivity contribution is -0.137. The predicted molar refractivity (Wildman–Crippen MR) is 76.0 cm³/mol. The molecule has 0 radical (unpaired) electrons. The molecular weight excluding hydrogens is 266 g/mol. The lowest BCUT2D eigenvalue weighted by Gasteiger charge is -2.21. The van der Waals surface area contributed by atoms with E-state index in [0.29, 0.717) is 19.7 Å². The van der Waals surface area contributed by atoms with Gasteiger partial charge in [-0.3, -0.25) is 4.79 Å². The quantitative estimate of drug-likeness (QED) is 0.746. The van der Waals surface area contributed by atoms with Crippen LogP contribution in [0.5, 0.6) is 5.75 Å². The Morgan fingerprint density at radius 1 is 1.47 bits per heavy atom. The molecule has 19 heavy (non-hydrogen) atoms. The Morgan fingerprint density at radius 2 is 2.16 bits per heavy atom. The van der Waals surface area contributed by atoms with Crippen molar-refractivity contribution in [3.8, 4) is 5.75 Å². The first kappa shape index (κ1) is 15.8. The Labute approximate surface area is 118 Å². The highest BCUT2D eigenvalue weighted by Crippen LogP contribution is 2.30. The number of carboxylic acids is 1. The van der Waals surface area contributed by atoms with Crippen LogP contribution in [0.3, 0.4) is 0 Å². The molecule has 1 aromatic rings. The normalized spacial score (nSPS) is 12.4. The van der Waals surface area contributed by atoms with Gasteiger partial charge in [-0.25, -0.2) is 0 Å². The Kier molecular flexibility index (Phi) is 6.67. The van der Waals surface area contributed by atoms with Gasteiger partial charge in [-0.05, 0) is 20.0 Å². The predicted octanol–water partition coefficient (Wildman–Crippen LogP) is 2.77. The number of alkyl halides is 1. The zero-order chi connectivity index (χ0) is 14.3. The van der Waals surface area contributed by atoms with Gasteiger partial charge < -0.3 is 14.7 Å². The van der Waals surface area contributed by atoms with E-state index in [1.807, 2.05) is 43.1 Å². The maximum atomic E-state index is 10.5. The molecule has 0 saturated carbocycles. The molecule has 0 heterocycles. The van der Waals surface area contributed by atoms with Gasteiger partial charge in [0.25, 0.3) is 0 Å². The second-order valence-electron chi connectivity index (χ2n) is 4.34. The number of halogens is 1. The largest absolute Gasteiger partial charge is 0.494 e. The average Bonchev–Trinajstić information content (AvgIpc) is 2.37. The Morgan fingerprint density at radius 3 is 2.79 bits per heavy atom. The fourth-order valence-corrected chi connectivity index (χ4v) is 2.19. The maximum Gasteiger partial charge on any atom is 0.304 e. The summed E-state index contributed by atoms with van der Waals surface area (Å²) >= 11 is 6.39. The van der Waals surface area contributed by atoms with Crippen LogP contribution in [-0.4, -0.2) is 42.7 Å². The van der Waals surface area contributed by atoms with Crippen LogP contribution in [0.15, 0.2) is 24.3 Å². The van der Waals surface area contributed by atoms with E-state index in [2.05, 4.69) is 0 Å². The van der Waals surface area contributed by atoms with E-state index >= 15 is 0 Å². The third-order valence-electron chi connectivity index (χ3n) is 2.74. The molecule has 1 aromatic carbocycles. The Balaban J connectivity index is 2.61. The van der Waals surface area contributed by atoms with Crippen molar-refractivity contribution in [3.63, 3.8) is 0 Å². The summed E-state index contributed by atoms with van der Waals surface area (Å²) in [6.07, 6.45) is 0.118. The van der Waals surface area contributed by atoms with E-state index in [-0.39, 0.29) is 11.8 Å². The minimum Gasteiger partial charge on any atom is -0.494 e.